The van der Waals surface area contributed by atoms with Crippen molar-refractivity contribution in [2.45, 2.75) is 209 Å². The van der Waals surface area contributed by atoms with E-state index >= 15 is 0 Å². The molecule has 0 heterocycles. The summed E-state index contributed by atoms with van der Waals surface area (Å²) in [6, 6.07) is 0. The SMILES string of the molecule is CC12CCC(CC1)CC2.CC1C2CC3CC(C2)CC1C3.CC1CC2CC(C1)CC(C)(C)C2.CC1CC2CCC1C2.CC1CC2CCC1CC2. The van der Waals surface area contributed by atoms with Crippen LogP contribution in [0.5, 0.6) is 0 Å². The van der Waals surface area contributed by atoms with Crippen molar-refractivity contribution in [2.75, 3.05) is 0 Å². The van der Waals surface area contributed by atoms with E-state index in [1.807, 2.05) is 0 Å². The second kappa shape index (κ2) is 15.8. The molecule has 14 rings (SSSR count). The van der Waals surface area contributed by atoms with Crippen LogP contribution in [0.25, 0.3) is 0 Å². The van der Waals surface area contributed by atoms with Crippen LogP contribution < -0.4 is 0 Å². The maximum Gasteiger partial charge on any atom is -0.0326 e. The van der Waals surface area contributed by atoms with Gasteiger partial charge in [0.1, 0.15) is 0 Å². The van der Waals surface area contributed by atoms with Crippen LogP contribution in [0.2, 0.25) is 0 Å². The van der Waals surface area contributed by atoms with E-state index in [1.165, 1.54) is 64.2 Å². The van der Waals surface area contributed by atoms with Gasteiger partial charge in [-0.3, -0.25) is 0 Å². The minimum atomic E-state index is 0.660. The molecule has 0 saturated heterocycles. The lowest BCUT2D eigenvalue weighted by atomic mass is 9.52. The van der Waals surface area contributed by atoms with Crippen LogP contribution in [-0.2, 0) is 0 Å². The summed E-state index contributed by atoms with van der Waals surface area (Å²) in [4.78, 5) is 0. The second-order valence-electron chi connectivity index (χ2n) is 23.3. The highest BCUT2D eigenvalue weighted by Crippen LogP contribution is 2.56. The summed E-state index contributed by atoms with van der Waals surface area (Å²) < 4.78 is 0. The summed E-state index contributed by atoms with van der Waals surface area (Å²) in [5.74, 6) is 16.7. The van der Waals surface area contributed by atoms with Gasteiger partial charge in [0.05, 0.1) is 0 Å². The average molecular weight is 675 g/mol. The van der Waals surface area contributed by atoms with Gasteiger partial charge in [-0.05, 0) is 241 Å². The summed E-state index contributed by atoms with van der Waals surface area (Å²) >= 11 is 0. The molecule has 0 aromatic carbocycles. The molecule has 14 aliphatic rings. The van der Waals surface area contributed by atoms with Gasteiger partial charge in [-0.1, -0.05) is 67.7 Å². The maximum absolute atomic E-state index is 2.51. The molecular weight excluding hydrogens is 589 g/mol. The van der Waals surface area contributed by atoms with E-state index in [0.717, 1.165) is 94.2 Å². The summed E-state index contributed by atoms with van der Waals surface area (Å²) in [5, 5.41) is 0. The van der Waals surface area contributed by atoms with E-state index in [1.54, 1.807) is 96.3 Å². The minimum absolute atomic E-state index is 0.660. The number of rotatable bonds is 0. The molecule has 0 heteroatoms. The Balaban J connectivity index is 0.0000000971. The Kier molecular flexibility index (Phi) is 12.0. The van der Waals surface area contributed by atoms with E-state index in [4.69, 9.17) is 0 Å². The molecule has 0 radical (unpaired) electrons. The normalized spacial score (nSPS) is 51.6. The highest BCUT2D eigenvalue weighted by atomic mass is 14.5. The van der Waals surface area contributed by atoms with Crippen LogP contribution in [0.4, 0.5) is 0 Å². The van der Waals surface area contributed by atoms with E-state index in [-0.39, 0.29) is 0 Å². The van der Waals surface area contributed by atoms with Gasteiger partial charge in [-0.25, -0.2) is 0 Å². The lowest BCUT2D eigenvalue weighted by molar-refractivity contribution is -0.0282. The summed E-state index contributed by atoms with van der Waals surface area (Å²) in [6.07, 6.45) is 38.7. The van der Waals surface area contributed by atoms with Gasteiger partial charge >= 0.3 is 0 Å². The van der Waals surface area contributed by atoms with Gasteiger partial charge < -0.3 is 0 Å². The third kappa shape index (κ3) is 9.57. The smallest absolute Gasteiger partial charge is 0.0326 e. The first-order valence-electron chi connectivity index (χ1n) is 23.4. The predicted octanol–water partition coefficient (Wildman–Crippen LogP) is 15.2. The first-order chi connectivity index (χ1) is 23.4. The van der Waals surface area contributed by atoms with Gasteiger partial charge in [0.2, 0.25) is 0 Å². The van der Waals surface area contributed by atoms with Crippen molar-refractivity contribution in [1.82, 2.24) is 0 Å². The summed E-state index contributed by atoms with van der Waals surface area (Å²) in [5.41, 5.74) is 1.45. The molecule has 12 bridgehead atoms. The first-order valence-corrected chi connectivity index (χ1v) is 23.4. The molecule has 14 fully saturated rings. The second-order valence-corrected chi connectivity index (χ2v) is 23.3. The fraction of sp³-hybridized carbons (Fsp3) is 1.00. The van der Waals surface area contributed by atoms with Crippen LogP contribution in [0.1, 0.15) is 209 Å². The lowest BCUT2D eigenvalue weighted by Gasteiger charge is -2.53. The number of fused-ring (bicyclic) bond motifs is 10. The van der Waals surface area contributed by atoms with E-state index in [0.29, 0.717) is 5.41 Å². The Morgan fingerprint density at radius 3 is 1.14 bits per heavy atom. The Morgan fingerprint density at radius 2 is 0.796 bits per heavy atom. The Bertz CT molecular complexity index is 955. The molecule has 0 nitrogen and oxygen atoms in total. The zero-order valence-corrected chi connectivity index (χ0v) is 34.3. The standard InChI is InChI=1S/C12H22.C11H18.2C9H16.C8H14/c1-9-4-10-6-11(5-9)8-12(2,3)7-10;1-7-10-3-8-2-9(5-10)6-11(7)4-8;1-9-5-2-8(3-6-9)4-7-9;1-7-6-8-2-4-9(7)5-3-8;1-6-4-7-2-3-8(6)5-7/h9-11H,4-8H2,1-3H3;7-11H,2-6H2,1H3;8H,2-7H2,1H3;7-9H,2-6H2,1H3;6-8H,2-5H2,1H3. The largest absolute Gasteiger partial charge is 0.0625 e. The Labute approximate surface area is 307 Å². The van der Waals surface area contributed by atoms with Crippen molar-refractivity contribution in [3.05, 3.63) is 0 Å². The molecule has 14 saturated carbocycles. The molecule has 6 atom stereocenters. The molecule has 0 spiro atoms. The van der Waals surface area contributed by atoms with Crippen LogP contribution in [0, 0.1) is 99.6 Å². The molecule has 0 aromatic rings. The fourth-order valence-electron chi connectivity index (χ4n) is 15.8. The molecular formula is C49H86. The molecule has 0 amide bonds. The average Bonchev–Trinajstić information content (AvgIpc) is 3.67. The predicted molar refractivity (Wildman–Crippen MR) is 212 cm³/mol. The molecule has 282 valence electrons. The minimum Gasteiger partial charge on any atom is -0.0625 e. The molecule has 0 aliphatic heterocycles. The summed E-state index contributed by atoms with van der Waals surface area (Å²) in [6.45, 7) is 17.2. The topological polar surface area (TPSA) is 0 Å². The molecule has 0 N–H and O–H groups in total. The van der Waals surface area contributed by atoms with Crippen LogP contribution in [-0.4, -0.2) is 0 Å². The molecule has 6 unspecified atom stereocenters. The maximum atomic E-state index is 2.51. The third-order valence-corrected chi connectivity index (χ3v) is 18.5. The van der Waals surface area contributed by atoms with Crippen molar-refractivity contribution >= 4 is 0 Å². The van der Waals surface area contributed by atoms with Crippen LogP contribution >= 0.6 is 0 Å². The van der Waals surface area contributed by atoms with Crippen LogP contribution in [0.3, 0.4) is 0 Å². The Morgan fingerprint density at radius 1 is 0.347 bits per heavy atom. The van der Waals surface area contributed by atoms with Gasteiger partial charge in [-0.2, -0.15) is 0 Å². The highest BCUT2D eigenvalue weighted by molar-refractivity contribution is 4.96. The van der Waals surface area contributed by atoms with Gasteiger partial charge in [0.15, 0.2) is 0 Å². The molecule has 0 aromatic heterocycles. The van der Waals surface area contributed by atoms with Gasteiger partial charge in [-0.15, -0.1) is 0 Å². The van der Waals surface area contributed by atoms with Crippen LogP contribution in [0.15, 0.2) is 0 Å². The van der Waals surface area contributed by atoms with Crippen molar-refractivity contribution in [3.63, 3.8) is 0 Å². The zero-order valence-electron chi connectivity index (χ0n) is 34.3. The van der Waals surface area contributed by atoms with E-state index < -0.39 is 0 Å². The third-order valence-electron chi connectivity index (χ3n) is 18.5. The molecule has 14 aliphatic carbocycles. The first kappa shape index (κ1) is 37.3. The van der Waals surface area contributed by atoms with E-state index in [2.05, 4.69) is 48.5 Å². The van der Waals surface area contributed by atoms with Crippen molar-refractivity contribution in [3.8, 4) is 0 Å². The van der Waals surface area contributed by atoms with E-state index in [9.17, 15) is 0 Å². The van der Waals surface area contributed by atoms with Gasteiger partial charge in [0, 0.05) is 0 Å². The monoisotopic (exact) mass is 675 g/mol. The fourth-order valence-corrected chi connectivity index (χ4v) is 15.8. The van der Waals surface area contributed by atoms with Crippen molar-refractivity contribution in [2.24, 2.45) is 99.6 Å². The zero-order chi connectivity index (χ0) is 34.3. The van der Waals surface area contributed by atoms with Gasteiger partial charge in [0.25, 0.3) is 0 Å². The number of hydrogen-bond acceptors (Lipinski definition) is 0. The Hall–Kier alpha value is 0. The molecule has 49 heavy (non-hydrogen) atoms. The van der Waals surface area contributed by atoms with Crippen molar-refractivity contribution < 1.29 is 0 Å². The van der Waals surface area contributed by atoms with Crippen molar-refractivity contribution in [1.29, 1.82) is 0 Å². The lowest BCUT2D eigenvalue weighted by Crippen LogP contribution is -2.43. The quantitative estimate of drug-likeness (QED) is 0.240. The number of hydrogen-bond donors (Lipinski definition) is 0. The summed E-state index contributed by atoms with van der Waals surface area (Å²) in [7, 11) is 0. The highest BCUT2D eigenvalue weighted by Gasteiger charge is 2.46.